The van der Waals surface area contributed by atoms with Gasteiger partial charge in [0.05, 0.1) is 0 Å². The lowest BCUT2D eigenvalue weighted by atomic mass is 9.61. The topological polar surface area (TPSA) is 32.3 Å². The van der Waals surface area contributed by atoms with Crippen molar-refractivity contribution >= 4 is 0 Å². The Bertz CT molecular complexity index is 890. The Morgan fingerprint density at radius 3 is 2.45 bits per heavy atom. The van der Waals surface area contributed by atoms with E-state index in [9.17, 15) is 5.11 Å². The molecule has 2 saturated carbocycles. The molecule has 1 aromatic rings. The van der Waals surface area contributed by atoms with E-state index in [1.807, 2.05) is 6.07 Å². The normalized spacial score (nSPS) is 34.8. The van der Waals surface area contributed by atoms with Gasteiger partial charge in [0.1, 0.15) is 5.75 Å². The summed E-state index contributed by atoms with van der Waals surface area (Å²) in [7, 11) is 0. The average molecular weight is 420 g/mol. The summed E-state index contributed by atoms with van der Waals surface area (Å²) in [6.07, 6.45) is 17.3. The fourth-order valence-electron chi connectivity index (χ4n) is 8.73. The first-order chi connectivity index (χ1) is 15.1. The van der Waals surface area contributed by atoms with Gasteiger partial charge in [-0.05, 0) is 73.1 Å². The van der Waals surface area contributed by atoms with Crippen LogP contribution in [-0.2, 0) is 12.8 Å². The number of hydrogen-bond acceptors (Lipinski definition) is 2. The van der Waals surface area contributed by atoms with Crippen molar-refractivity contribution in [3.63, 3.8) is 0 Å². The summed E-state index contributed by atoms with van der Waals surface area (Å²) >= 11 is 0. The maximum atomic E-state index is 11.4. The Hall–Kier alpha value is -1.44. The molecule has 1 heterocycles. The van der Waals surface area contributed by atoms with E-state index in [-0.39, 0.29) is 5.41 Å². The molecule has 0 radical (unpaired) electrons. The van der Waals surface area contributed by atoms with Gasteiger partial charge in [-0.15, -0.1) is 0 Å². The number of benzene rings is 1. The summed E-state index contributed by atoms with van der Waals surface area (Å²) in [5.74, 6) is 3.15. The first-order valence-corrected chi connectivity index (χ1v) is 13.4. The van der Waals surface area contributed by atoms with Gasteiger partial charge in [-0.3, -0.25) is 0 Å². The van der Waals surface area contributed by atoms with Crippen LogP contribution in [0.15, 0.2) is 23.4 Å². The molecule has 0 amide bonds. The molecule has 0 bridgehead atoms. The monoisotopic (exact) mass is 419 g/mol. The van der Waals surface area contributed by atoms with Crippen molar-refractivity contribution in [2.24, 2.45) is 23.2 Å². The molecule has 2 fully saturated rings. The molecule has 2 heteroatoms. The number of phenols is 1. The molecule has 0 aromatic heterocycles. The van der Waals surface area contributed by atoms with Crippen molar-refractivity contribution in [3.05, 3.63) is 40.1 Å². The number of rotatable bonds is 2. The minimum atomic E-state index is 0.184. The second-order valence-corrected chi connectivity index (χ2v) is 11.9. The van der Waals surface area contributed by atoms with Gasteiger partial charge >= 0.3 is 0 Å². The molecule has 31 heavy (non-hydrogen) atoms. The van der Waals surface area contributed by atoms with Crippen LogP contribution in [0.5, 0.6) is 5.75 Å². The van der Waals surface area contributed by atoms with Crippen LogP contribution >= 0.6 is 0 Å². The number of nitrogens with one attached hydrogen (secondary N) is 1. The van der Waals surface area contributed by atoms with E-state index in [4.69, 9.17) is 0 Å². The van der Waals surface area contributed by atoms with Gasteiger partial charge in [-0.25, -0.2) is 0 Å². The summed E-state index contributed by atoms with van der Waals surface area (Å²) in [5.41, 5.74) is 7.93. The van der Waals surface area contributed by atoms with Crippen molar-refractivity contribution in [3.8, 4) is 5.75 Å². The van der Waals surface area contributed by atoms with Crippen molar-refractivity contribution in [1.29, 1.82) is 0 Å². The minimum Gasteiger partial charge on any atom is -0.508 e. The van der Waals surface area contributed by atoms with Gasteiger partial charge in [0.25, 0.3) is 0 Å². The predicted octanol–water partition coefficient (Wildman–Crippen LogP) is 7.01. The van der Waals surface area contributed by atoms with Gasteiger partial charge in [0.15, 0.2) is 0 Å². The lowest BCUT2D eigenvalue weighted by molar-refractivity contribution is 0.122. The van der Waals surface area contributed by atoms with Crippen LogP contribution in [0.2, 0.25) is 0 Å². The lowest BCUT2D eigenvalue weighted by Crippen LogP contribution is -2.42. The van der Waals surface area contributed by atoms with E-state index in [0.717, 1.165) is 12.3 Å². The number of aryl methyl sites for hydroxylation is 1. The Balaban J connectivity index is 1.53. The molecular weight excluding hydrogens is 378 g/mol. The van der Waals surface area contributed by atoms with Gasteiger partial charge < -0.3 is 10.4 Å². The third kappa shape index (κ3) is 3.03. The number of hydrogen-bond donors (Lipinski definition) is 2. The maximum Gasteiger partial charge on any atom is 0.119 e. The highest BCUT2D eigenvalue weighted by molar-refractivity contribution is 5.56. The zero-order chi connectivity index (χ0) is 21.2. The largest absolute Gasteiger partial charge is 0.508 e. The first-order valence-electron chi connectivity index (χ1n) is 13.4. The summed E-state index contributed by atoms with van der Waals surface area (Å²) in [5, 5.41) is 15.5. The molecule has 4 atom stereocenters. The summed E-state index contributed by atoms with van der Waals surface area (Å²) in [6, 6.07) is 4.92. The van der Waals surface area contributed by atoms with Crippen LogP contribution in [0.4, 0.5) is 0 Å². The van der Waals surface area contributed by atoms with Crippen LogP contribution in [0.25, 0.3) is 0 Å². The zero-order valence-electron chi connectivity index (χ0n) is 19.7. The van der Waals surface area contributed by atoms with Crippen molar-refractivity contribution in [1.82, 2.24) is 5.32 Å². The standard InChI is InChI=1S/C29H41NO/c1-29(2)27(19-11-4-3-5-12-19)26(25-21-14-8-9-15-22(21)30-28(25)29)24-20-13-7-6-10-18(20)16-17-23(24)31/h16-17,19,21-22,26-27,30-31H,3-15H2,1-2H3/t21?,22?,26-,27+/m0/s1. The Kier molecular flexibility index (Phi) is 4.92. The second kappa shape index (κ2) is 7.56. The average Bonchev–Trinajstić information content (AvgIpc) is 3.28. The first kappa shape index (κ1) is 20.2. The summed E-state index contributed by atoms with van der Waals surface area (Å²) < 4.78 is 0. The van der Waals surface area contributed by atoms with E-state index in [1.165, 1.54) is 93.7 Å². The molecule has 0 saturated heterocycles. The van der Waals surface area contributed by atoms with Crippen molar-refractivity contribution in [2.45, 2.75) is 109 Å². The lowest BCUT2D eigenvalue weighted by Gasteiger charge is -2.44. The third-order valence-corrected chi connectivity index (χ3v) is 9.98. The fraction of sp³-hybridized carbons (Fsp3) is 0.724. The number of aromatic hydroxyl groups is 1. The molecule has 0 spiro atoms. The molecular formula is C29H41NO. The fourth-order valence-corrected chi connectivity index (χ4v) is 8.73. The van der Waals surface area contributed by atoms with Crippen LogP contribution in [0, 0.1) is 23.2 Å². The smallest absolute Gasteiger partial charge is 0.119 e. The Morgan fingerprint density at radius 2 is 1.61 bits per heavy atom. The minimum absolute atomic E-state index is 0.184. The van der Waals surface area contributed by atoms with Gasteiger partial charge in [-0.2, -0.15) is 0 Å². The predicted molar refractivity (Wildman–Crippen MR) is 127 cm³/mol. The molecule has 4 aliphatic carbocycles. The summed E-state index contributed by atoms with van der Waals surface area (Å²) in [6.45, 7) is 5.08. The second-order valence-electron chi connectivity index (χ2n) is 11.9. The number of fused-ring (bicyclic) bond motifs is 3. The number of allylic oxidation sites excluding steroid dienone is 1. The third-order valence-electron chi connectivity index (χ3n) is 9.98. The van der Waals surface area contributed by atoms with Crippen LogP contribution in [0.3, 0.4) is 0 Å². The van der Waals surface area contributed by atoms with Gasteiger partial charge in [0, 0.05) is 34.6 Å². The van der Waals surface area contributed by atoms with E-state index < -0.39 is 0 Å². The molecule has 1 aromatic carbocycles. The molecule has 2 nitrogen and oxygen atoms in total. The van der Waals surface area contributed by atoms with Gasteiger partial charge in [0.2, 0.25) is 0 Å². The summed E-state index contributed by atoms with van der Waals surface area (Å²) in [4.78, 5) is 0. The van der Waals surface area contributed by atoms with Gasteiger partial charge in [-0.1, -0.05) is 64.9 Å². The number of phenolic OH excluding ortho intramolecular Hbond substituents is 1. The molecule has 2 unspecified atom stereocenters. The highest BCUT2D eigenvalue weighted by Crippen LogP contribution is 2.65. The molecule has 1 aliphatic heterocycles. The molecule has 6 rings (SSSR count). The van der Waals surface area contributed by atoms with Crippen LogP contribution < -0.4 is 5.32 Å². The van der Waals surface area contributed by atoms with E-state index in [2.05, 4.69) is 25.2 Å². The van der Waals surface area contributed by atoms with E-state index >= 15 is 0 Å². The highest BCUT2D eigenvalue weighted by Gasteiger charge is 2.57. The molecule has 168 valence electrons. The SMILES string of the molecule is CC1(C)C2=C(C3CCCCC3N2)[C@H](c2c(O)ccc3c2CCCC3)[C@H]1C1CCCCC1. The van der Waals surface area contributed by atoms with Crippen LogP contribution in [0.1, 0.15) is 107 Å². The van der Waals surface area contributed by atoms with E-state index in [0.29, 0.717) is 29.5 Å². The molecule has 2 N–H and O–H groups in total. The molecule has 5 aliphatic rings. The van der Waals surface area contributed by atoms with Crippen LogP contribution in [-0.4, -0.2) is 11.1 Å². The maximum absolute atomic E-state index is 11.4. The quantitative estimate of drug-likeness (QED) is 0.540. The van der Waals surface area contributed by atoms with Crippen molar-refractivity contribution in [2.75, 3.05) is 0 Å². The Labute approximate surface area is 188 Å². The zero-order valence-corrected chi connectivity index (χ0v) is 19.7. The Morgan fingerprint density at radius 1 is 0.871 bits per heavy atom. The van der Waals surface area contributed by atoms with E-state index in [1.54, 1.807) is 11.3 Å². The van der Waals surface area contributed by atoms with Crippen molar-refractivity contribution < 1.29 is 5.11 Å². The highest BCUT2D eigenvalue weighted by atomic mass is 16.3.